The van der Waals surface area contributed by atoms with Crippen molar-refractivity contribution < 1.29 is 10.2 Å². The van der Waals surface area contributed by atoms with Crippen molar-refractivity contribution in [3.63, 3.8) is 0 Å². The lowest BCUT2D eigenvalue weighted by molar-refractivity contribution is -0.117. The van der Waals surface area contributed by atoms with Crippen molar-refractivity contribution >= 4 is 0 Å². The molecule has 6 rings (SSSR count). The van der Waals surface area contributed by atoms with Crippen LogP contribution in [0, 0.1) is 13.8 Å². The SMILES string of the molecule is Cc1ccc2c(c1)C(O)(C1(O)c3ccccc3Cc3ccc(C)cc31)c1ccccc1C2. The van der Waals surface area contributed by atoms with Crippen LogP contribution in [0.3, 0.4) is 0 Å². The average Bonchev–Trinajstić information content (AvgIpc) is 2.80. The highest BCUT2D eigenvalue weighted by Crippen LogP contribution is 2.56. The van der Waals surface area contributed by atoms with Crippen LogP contribution in [0.5, 0.6) is 0 Å². The first-order valence-electron chi connectivity index (χ1n) is 11.2. The lowest BCUT2D eigenvalue weighted by Crippen LogP contribution is -2.55. The summed E-state index contributed by atoms with van der Waals surface area (Å²) in [6.07, 6.45) is 1.49. The van der Waals surface area contributed by atoms with E-state index in [1.54, 1.807) is 0 Å². The van der Waals surface area contributed by atoms with E-state index in [2.05, 4.69) is 48.5 Å². The summed E-state index contributed by atoms with van der Waals surface area (Å²) in [5.41, 5.74) is 6.27. The summed E-state index contributed by atoms with van der Waals surface area (Å²) in [5, 5.41) is 25.8. The molecule has 2 atom stereocenters. The fraction of sp³-hybridized carbons (Fsp3) is 0.200. The quantitative estimate of drug-likeness (QED) is 0.441. The molecule has 0 saturated carbocycles. The molecule has 2 aliphatic rings. The number of hydrogen-bond donors (Lipinski definition) is 2. The Balaban J connectivity index is 1.78. The number of aryl methyl sites for hydroxylation is 2. The van der Waals surface area contributed by atoms with E-state index >= 15 is 0 Å². The lowest BCUT2D eigenvalue weighted by Gasteiger charge is -2.51. The van der Waals surface area contributed by atoms with Gasteiger partial charge in [0.1, 0.15) is 0 Å². The molecule has 158 valence electrons. The summed E-state index contributed by atoms with van der Waals surface area (Å²) in [6, 6.07) is 28.5. The fourth-order valence-electron chi connectivity index (χ4n) is 5.90. The zero-order chi connectivity index (χ0) is 22.1. The molecule has 32 heavy (non-hydrogen) atoms. The van der Waals surface area contributed by atoms with Crippen LogP contribution in [0.1, 0.15) is 55.6 Å². The van der Waals surface area contributed by atoms with Gasteiger partial charge in [0, 0.05) is 0 Å². The first-order valence-corrected chi connectivity index (χ1v) is 11.2. The van der Waals surface area contributed by atoms with Crippen molar-refractivity contribution in [2.24, 2.45) is 0 Å². The molecule has 2 nitrogen and oxygen atoms in total. The van der Waals surface area contributed by atoms with Crippen molar-refractivity contribution in [1.29, 1.82) is 0 Å². The van der Waals surface area contributed by atoms with Crippen molar-refractivity contribution in [1.82, 2.24) is 0 Å². The van der Waals surface area contributed by atoms with Gasteiger partial charge in [0.15, 0.2) is 11.2 Å². The van der Waals surface area contributed by atoms with Gasteiger partial charge < -0.3 is 10.2 Å². The van der Waals surface area contributed by atoms with E-state index in [1.165, 1.54) is 0 Å². The predicted molar refractivity (Wildman–Crippen MR) is 127 cm³/mol. The van der Waals surface area contributed by atoms with Crippen LogP contribution in [0.15, 0.2) is 84.9 Å². The minimum Gasteiger partial charge on any atom is -0.377 e. The van der Waals surface area contributed by atoms with Gasteiger partial charge in [0.05, 0.1) is 0 Å². The monoisotopic (exact) mass is 418 g/mol. The van der Waals surface area contributed by atoms with Crippen LogP contribution in [0.2, 0.25) is 0 Å². The van der Waals surface area contributed by atoms with Gasteiger partial charge in [-0.05, 0) is 71.2 Å². The molecule has 0 fully saturated rings. The Morgan fingerprint density at radius 1 is 0.500 bits per heavy atom. The van der Waals surface area contributed by atoms with E-state index in [4.69, 9.17) is 0 Å². The van der Waals surface area contributed by atoms with Gasteiger partial charge in [-0.15, -0.1) is 0 Å². The second-order valence-electron chi connectivity index (χ2n) is 9.41. The van der Waals surface area contributed by atoms with Gasteiger partial charge in [-0.25, -0.2) is 0 Å². The second kappa shape index (κ2) is 6.65. The van der Waals surface area contributed by atoms with Crippen LogP contribution in [0.25, 0.3) is 0 Å². The van der Waals surface area contributed by atoms with Crippen molar-refractivity contribution in [3.8, 4) is 0 Å². The topological polar surface area (TPSA) is 40.5 Å². The Labute approximate surface area is 188 Å². The highest BCUT2D eigenvalue weighted by molar-refractivity contribution is 5.63. The summed E-state index contributed by atoms with van der Waals surface area (Å²) in [7, 11) is 0. The average molecular weight is 419 g/mol. The minimum absolute atomic E-state index is 0.743. The molecule has 0 radical (unpaired) electrons. The molecule has 0 amide bonds. The van der Waals surface area contributed by atoms with Crippen molar-refractivity contribution in [3.05, 3.63) is 141 Å². The maximum atomic E-state index is 12.9. The number of fused-ring (bicyclic) bond motifs is 4. The van der Waals surface area contributed by atoms with Gasteiger partial charge >= 0.3 is 0 Å². The number of benzene rings is 4. The van der Waals surface area contributed by atoms with E-state index < -0.39 is 11.2 Å². The Bertz CT molecular complexity index is 1280. The Morgan fingerprint density at radius 2 is 0.875 bits per heavy atom. The highest BCUT2D eigenvalue weighted by Gasteiger charge is 2.59. The third-order valence-electron chi connectivity index (χ3n) is 7.41. The summed E-state index contributed by atoms with van der Waals surface area (Å²) in [6.45, 7) is 4.08. The molecule has 2 unspecified atom stereocenters. The number of rotatable bonds is 1. The minimum atomic E-state index is -1.62. The molecule has 0 aliphatic heterocycles. The summed E-state index contributed by atoms with van der Waals surface area (Å²) < 4.78 is 0. The molecule has 0 saturated heterocycles. The molecule has 2 aliphatic carbocycles. The molecular weight excluding hydrogens is 392 g/mol. The summed E-state index contributed by atoms with van der Waals surface area (Å²) in [4.78, 5) is 0. The van der Waals surface area contributed by atoms with Crippen LogP contribution in [0.4, 0.5) is 0 Å². The number of hydrogen-bond acceptors (Lipinski definition) is 2. The fourth-order valence-corrected chi connectivity index (χ4v) is 5.90. The zero-order valence-electron chi connectivity index (χ0n) is 18.4. The normalized spacial score (nSPS) is 23.0. The molecule has 0 aromatic heterocycles. The Hall–Kier alpha value is -3.20. The molecular formula is C30H26O2. The third-order valence-corrected chi connectivity index (χ3v) is 7.41. The number of aliphatic hydroxyl groups is 2. The Kier molecular flexibility index (Phi) is 4.05. The first-order chi connectivity index (χ1) is 15.4. The van der Waals surface area contributed by atoms with Gasteiger partial charge in [-0.3, -0.25) is 0 Å². The zero-order valence-corrected chi connectivity index (χ0v) is 18.4. The maximum absolute atomic E-state index is 12.9. The molecule has 0 heterocycles. The molecule has 4 aromatic rings. The van der Waals surface area contributed by atoms with Gasteiger partial charge in [0.25, 0.3) is 0 Å². The van der Waals surface area contributed by atoms with Gasteiger partial charge in [0.2, 0.25) is 0 Å². The second-order valence-corrected chi connectivity index (χ2v) is 9.41. The van der Waals surface area contributed by atoms with Crippen LogP contribution in [-0.4, -0.2) is 10.2 Å². The Morgan fingerprint density at radius 3 is 1.31 bits per heavy atom. The standard InChI is InChI=1S/C30H26O2/c1-19-11-13-23-17-21-7-3-5-9-25(21)29(31,27(23)15-19)30(32)26-10-6-4-8-22(26)18-24-14-12-20(2)16-28(24)30/h3-16,31-32H,17-18H2,1-2H3. The molecule has 4 aromatic carbocycles. The van der Waals surface area contributed by atoms with Crippen molar-refractivity contribution in [2.75, 3.05) is 0 Å². The summed E-state index contributed by atoms with van der Waals surface area (Å²) >= 11 is 0. The molecule has 0 spiro atoms. The molecule has 2 heteroatoms. The third kappa shape index (κ3) is 2.42. The van der Waals surface area contributed by atoms with Gasteiger partial charge in [-0.1, -0.05) is 96.1 Å². The lowest BCUT2D eigenvalue weighted by atomic mass is 9.58. The molecule has 0 bridgehead atoms. The first kappa shape index (κ1) is 19.5. The maximum Gasteiger partial charge on any atom is 0.152 e. The van der Waals surface area contributed by atoms with Crippen LogP contribution in [-0.2, 0) is 24.0 Å². The van der Waals surface area contributed by atoms with E-state index in [9.17, 15) is 10.2 Å². The highest BCUT2D eigenvalue weighted by atomic mass is 16.4. The predicted octanol–water partition coefficient (Wildman–Crippen LogP) is 5.28. The summed E-state index contributed by atoms with van der Waals surface area (Å²) in [5.74, 6) is 0. The van der Waals surface area contributed by atoms with Gasteiger partial charge in [-0.2, -0.15) is 0 Å². The van der Waals surface area contributed by atoms with Crippen LogP contribution >= 0.6 is 0 Å². The van der Waals surface area contributed by atoms with E-state index in [0.29, 0.717) is 0 Å². The molecule has 2 N–H and O–H groups in total. The van der Waals surface area contributed by atoms with Crippen LogP contribution < -0.4 is 0 Å². The van der Waals surface area contributed by atoms with Crippen molar-refractivity contribution in [2.45, 2.75) is 37.9 Å². The largest absolute Gasteiger partial charge is 0.377 e. The van der Waals surface area contributed by atoms with E-state index in [1.807, 2.05) is 50.2 Å². The smallest absolute Gasteiger partial charge is 0.152 e. The van der Waals surface area contributed by atoms with E-state index in [-0.39, 0.29) is 0 Å². The van der Waals surface area contributed by atoms with E-state index in [0.717, 1.165) is 68.5 Å².